The molecule has 2 heterocycles. The summed E-state index contributed by atoms with van der Waals surface area (Å²) in [5.41, 5.74) is 3.29. The van der Waals surface area contributed by atoms with E-state index in [0.29, 0.717) is 6.61 Å². The van der Waals surface area contributed by atoms with Gasteiger partial charge in [-0.1, -0.05) is 0 Å². The Kier molecular flexibility index (Phi) is 4.35. The van der Waals surface area contributed by atoms with Crippen LogP contribution in [0.3, 0.4) is 0 Å². The highest BCUT2D eigenvalue weighted by Crippen LogP contribution is 2.12. The molecular weight excluding hydrogens is 220 g/mol. The lowest BCUT2D eigenvalue weighted by Crippen LogP contribution is -2.32. The van der Waals surface area contributed by atoms with E-state index < -0.39 is 0 Å². The number of hydrogen-bond donors (Lipinski definition) is 2. The Balaban J connectivity index is 1.70. The summed E-state index contributed by atoms with van der Waals surface area (Å²) >= 11 is 0. The average molecular weight is 236 g/mol. The van der Waals surface area contributed by atoms with Gasteiger partial charge in [0, 0.05) is 31.5 Å². The van der Waals surface area contributed by atoms with Crippen LogP contribution < -0.4 is 5.48 Å². The lowest BCUT2D eigenvalue weighted by atomic mass is 10.2. The predicted molar refractivity (Wildman–Crippen MR) is 62.6 cm³/mol. The number of rotatable bonds is 4. The Morgan fingerprint density at radius 2 is 2.53 bits per heavy atom. The van der Waals surface area contributed by atoms with Crippen LogP contribution in [-0.4, -0.2) is 23.8 Å². The summed E-state index contributed by atoms with van der Waals surface area (Å²) in [6.07, 6.45) is 9.36. The molecule has 1 aliphatic rings. The van der Waals surface area contributed by atoms with Crippen molar-refractivity contribution < 1.29 is 14.4 Å². The van der Waals surface area contributed by atoms with E-state index in [4.69, 9.17) is 9.57 Å². The zero-order valence-electron chi connectivity index (χ0n) is 9.52. The molecule has 2 N–H and O–H groups in total. The van der Waals surface area contributed by atoms with Crippen LogP contribution in [0, 0.1) is 0 Å². The summed E-state index contributed by atoms with van der Waals surface area (Å²) in [5, 5.41) is 0. The van der Waals surface area contributed by atoms with E-state index >= 15 is 0 Å². The molecule has 1 amide bonds. The summed E-state index contributed by atoms with van der Waals surface area (Å²) in [6.45, 7) is 0.694. The molecule has 1 atom stereocenters. The van der Waals surface area contributed by atoms with Gasteiger partial charge in [0.05, 0.1) is 0 Å². The number of hydroxylamine groups is 1. The van der Waals surface area contributed by atoms with Gasteiger partial charge in [0.2, 0.25) is 0 Å². The summed E-state index contributed by atoms with van der Waals surface area (Å²) in [7, 11) is 0. The van der Waals surface area contributed by atoms with Crippen molar-refractivity contribution in [2.75, 3.05) is 6.61 Å². The molecule has 1 aromatic rings. The van der Waals surface area contributed by atoms with Gasteiger partial charge >= 0.3 is 0 Å². The van der Waals surface area contributed by atoms with E-state index in [1.807, 2.05) is 6.07 Å². The van der Waals surface area contributed by atoms with E-state index in [1.165, 1.54) is 6.08 Å². The largest absolute Gasteiger partial charge is 0.367 e. The van der Waals surface area contributed by atoms with Crippen LogP contribution in [0.4, 0.5) is 0 Å². The zero-order chi connectivity index (χ0) is 11.9. The van der Waals surface area contributed by atoms with Gasteiger partial charge in [-0.2, -0.15) is 0 Å². The molecule has 1 aromatic heterocycles. The highest BCUT2D eigenvalue weighted by Gasteiger charge is 2.14. The molecular formula is C12H16N2O3. The van der Waals surface area contributed by atoms with Gasteiger partial charge in [-0.05, 0) is 30.5 Å². The van der Waals surface area contributed by atoms with Gasteiger partial charge in [-0.15, -0.1) is 0 Å². The third-order valence-corrected chi connectivity index (χ3v) is 2.48. The van der Waals surface area contributed by atoms with Gasteiger partial charge in [0.15, 0.2) is 6.29 Å². The summed E-state index contributed by atoms with van der Waals surface area (Å²) in [4.78, 5) is 19.4. The van der Waals surface area contributed by atoms with Gasteiger partial charge in [-0.3, -0.25) is 4.79 Å². The Bertz CT molecular complexity index is 367. The van der Waals surface area contributed by atoms with Crippen molar-refractivity contribution in [3.05, 3.63) is 30.1 Å². The molecule has 0 spiro atoms. The molecule has 92 valence electrons. The fourth-order valence-corrected chi connectivity index (χ4v) is 1.57. The number of amides is 1. The topological polar surface area (TPSA) is 63.4 Å². The molecule has 5 nitrogen and oxygen atoms in total. The normalized spacial score (nSPS) is 20.6. The highest BCUT2D eigenvalue weighted by molar-refractivity contribution is 5.90. The molecule has 5 heteroatoms. The molecule has 0 aliphatic carbocycles. The average Bonchev–Trinajstić information content (AvgIpc) is 2.88. The molecule has 0 bridgehead atoms. The van der Waals surface area contributed by atoms with Gasteiger partial charge in [0.1, 0.15) is 0 Å². The third kappa shape index (κ3) is 4.05. The van der Waals surface area contributed by atoms with Crippen molar-refractivity contribution in [1.82, 2.24) is 10.5 Å². The minimum atomic E-state index is -0.312. The van der Waals surface area contributed by atoms with Crippen molar-refractivity contribution in [2.45, 2.75) is 25.6 Å². The van der Waals surface area contributed by atoms with Crippen LogP contribution >= 0.6 is 0 Å². The summed E-state index contributed by atoms with van der Waals surface area (Å²) < 4.78 is 5.31. The Morgan fingerprint density at radius 1 is 1.59 bits per heavy atom. The van der Waals surface area contributed by atoms with Crippen molar-refractivity contribution in [1.29, 1.82) is 0 Å². The number of carbonyl (C=O) groups excluding carboxylic acids is 1. The minimum Gasteiger partial charge on any atom is -0.367 e. The van der Waals surface area contributed by atoms with Crippen molar-refractivity contribution in [2.24, 2.45) is 0 Å². The Morgan fingerprint density at radius 3 is 3.24 bits per heavy atom. The number of ether oxygens (including phenoxy) is 1. The number of hydrogen-bond acceptors (Lipinski definition) is 3. The monoisotopic (exact) mass is 236 g/mol. The zero-order valence-corrected chi connectivity index (χ0v) is 9.52. The van der Waals surface area contributed by atoms with E-state index in [-0.39, 0.29) is 12.2 Å². The fourth-order valence-electron chi connectivity index (χ4n) is 1.57. The first-order valence-electron chi connectivity index (χ1n) is 5.73. The van der Waals surface area contributed by atoms with Gasteiger partial charge in [0.25, 0.3) is 5.91 Å². The molecule has 1 fully saturated rings. The lowest BCUT2D eigenvalue weighted by Gasteiger charge is -2.21. The van der Waals surface area contributed by atoms with E-state index in [2.05, 4.69) is 10.5 Å². The molecule has 0 radical (unpaired) electrons. The molecule has 1 saturated heterocycles. The quantitative estimate of drug-likeness (QED) is 0.616. The van der Waals surface area contributed by atoms with E-state index in [9.17, 15) is 4.79 Å². The van der Waals surface area contributed by atoms with Crippen LogP contribution in [0.15, 0.2) is 24.5 Å². The molecule has 1 aliphatic heterocycles. The third-order valence-electron chi connectivity index (χ3n) is 2.48. The Hall–Kier alpha value is -1.59. The lowest BCUT2D eigenvalue weighted by molar-refractivity contribution is -0.198. The van der Waals surface area contributed by atoms with E-state index in [1.54, 1.807) is 18.5 Å². The van der Waals surface area contributed by atoms with Crippen LogP contribution in [-0.2, 0) is 14.4 Å². The van der Waals surface area contributed by atoms with E-state index in [0.717, 1.165) is 24.8 Å². The second-order valence-corrected chi connectivity index (χ2v) is 3.86. The smallest absolute Gasteiger partial charge is 0.267 e. The molecule has 2 rings (SSSR count). The highest BCUT2D eigenvalue weighted by atomic mass is 16.8. The number of nitrogens with one attached hydrogen (secondary N) is 2. The fraction of sp³-hybridized carbons (Fsp3) is 0.417. The van der Waals surface area contributed by atoms with Crippen molar-refractivity contribution >= 4 is 12.0 Å². The van der Waals surface area contributed by atoms with Crippen molar-refractivity contribution in [3.8, 4) is 0 Å². The predicted octanol–water partition coefficient (Wildman–Crippen LogP) is 1.60. The summed E-state index contributed by atoms with van der Waals surface area (Å²) in [5.74, 6) is -0.291. The summed E-state index contributed by atoms with van der Waals surface area (Å²) in [6, 6.07) is 1.87. The van der Waals surface area contributed by atoms with Gasteiger partial charge in [-0.25, -0.2) is 10.3 Å². The maximum Gasteiger partial charge on any atom is 0.267 e. The van der Waals surface area contributed by atoms with Crippen LogP contribution in [0.1, 0.15) is 24.8 Å². The number of carbonyl (C=O) groups is 1. The molecule has 0 saturated carbocycles. The number of H-pyrrole nitrogens is 1. The molecule has 17 heavy (non-hydrogen) atoms. The second kappa shape index (κ2) is 6.22. The number of aromatic nitrogens is 1. The van der Waals surface area contributed by atoms with Crippen LogP contribution in [0.5, 0.6) is 0 Å². The molecule has 0 aromatic carbocycles. The molecule has 1 unspecified atom stereocenters. The SMILES string of the molecule is O=C(C=Cc1cc[nH]c1)NOC1CCCCO1. The van der Waals surface area contributed by atoms with Crippen LogP contribution in [0.2, 0.25) is 0 Å². The second-order valence-electron chi connectivity index (χ2n) is 3.86. The maximum absolute atomic E-state index is 11.4. The first-order valence-corrected chi connectivity index (χ1v) is 5.73. The first-order chi connectivity index (χ1) is 8.34. The Labute approximate surface area is 99.8 Å². The first kappa shape index (κ1) is 11.9. The minimum absolute atomic E-state index is 0.291. The standard InChI is InChI=1S/C12H16N2O3/c15-11(5-4-10-6-7-13-9-10)14-17-12-3-1-2-8-16-12/h4-7,9,12-13H,1-3,8H2,(H,14,15). The maximum atomic E-state index is 11.4. The van der Waals surface area contributed by atoms with Crippen molar-refractivity contribution in [3.63, 3.8) is 0 Å². The van der Waals surface area contributed by atoms with Crippen LogP contribution in [0.25, 0.3) is 6.08 Å². The number of aromatic amines is 1. The van der Waals surface area contributed by atoms with Gasteiger partial charge < -0.3 is 9.72 Å².